The van der Waals surface area contributed by atoms with Crippen LogP contribution < -0.4 is 10.6 Å². The Morgan fingerprint density at radius 2 is 2.04 bits per heavy atom. The van der Waals surface area contributed by atoms with Crippen LogP contribution in [0.2, 0.25) is 0 Å². The summed E-state index contributed by atoms with van der Waals surface area (Å²) in [5.74, 6) is 0.382. The first-order valence-electron chi connectivity index (χ1n) is 7.44. The molecule has 0 atom stereocenters. The molecule has 118 valence electrons. The van der Waals surface area contributed by atoms with Crippen molar-refractivity contribution in [2.45, 2.75) is 25.2 Å². The van der Waals surface area contributed by atoms with E-state index in [0.29, 0.717) is 5.75 Å². The number of rotatable bonds is 3. The van der Waals surface area contributed by atoms with Crippen LogP contribution in [0, 0.1) is 13.8 Å². The summed E-state index contributed by atoms with van der Waals surface area (Å²) in [5, 5.41) is 5.81. The fourth-order valence-corrected chi connectivity index (χ4v) is 3.28. The van der Waals surface area contributed by atoms with Crippen molar-refractivity contribution in [2.24, 2.45) is 0 Å². The minimum atomic E-state index is -0.0616. The monoisotopic (exact) mass is 326 g/mol. The second kappa shape index (κ2) is 6.46. The van der Waals surface area contributed by atoms with Crippen LogP contribution in [-0.2, 0) is 16.0 Å². The Labute approximate surface area is 139 Å². The van der Waals surface area contributed by atoms with Gasteiger partial charge in [-0.25, -0.2) is 0 Å². The van der Waals surface area contributed by atoms with Crippen LogP contribution in [-0.4, -0.2) is 17.6 Å². The Morgan fingerprint density at radius 3 is 2.87 bits per heavy atom. The maximum absolute atomic E-state index is 12.3. The highest BCUT2D eigenvalue weighted by Crippen LogP contribution is 2.32. The van der Waals surface area contributed by atoms with Gasteiger partial charge in [-0.1, -0.05) is 18.2 Å². The number of benzene rings is 2. The van der Waals surface area contributed by atoms with Gasteiger partial charge in [-0.05, 0) is 48.7 Å². The summed E-state index contributed by atoms with van der Waals surface area (Å²) in [7, 11) is 0. The van der Waals surface area contributed by atoms with E-state index in [-0.39, 0.29) is 18.2 Å². The first-order valence-corrected chi connectivity index (χ1v) is 8.42. The molecule has 0 saturated heterocycles. The summed E-state index contributed by atoms with van der Waals surface area (Å²) in [6.07, 6.45) is 0.279. The molecule has 3 rings (SSSR count). The third-order valence-corrected chi connectivity index (χ3v) is 4.78. The van der Waals surface area contributed by atoms with Crippen molar-refractivity contribution in [1.29, 1.82) is 0 Å². The molecule has 0 spiro atoms. The number of thioether (sulfide) groups is 1. The summed E-state index contributed by atoms with van der Waals surface area (Å²) in [5.41, 5.74) is 4.67. The molecule has 2 aromatic carbocycles. The van der Waals surface area contributed by atoms with Gasteiger partial charge in [-0.2, -0.15) is 0 Å². The minimum absolute atomic E-state index is 0.000475. The fraction of sp³-hybridized carbons (Fsp3) is 0.222. The molecular weight excluding hydrogens is 308 g/mol. The fourth-order valence-electron chi connectivity index (χ4n) is 2.49. The maximum atomic E-state index is 12.3. The average molecular weight is 326 g/mol. The number of hydrogen-bond donors (Lipinski definition) is 2. The SMILES string of the molecule is Cc1ccc(C)c(NC(=O)Cc2ccc3c(c2)NC(=O)CS3)c1. The van der Waals surface area contributed by atoms with Crippen LogP contribution >= 0.6 is 11.8 Å². The number of amides is 2. The number of aryl methyl sites for hydroxylation is 2. The predicted octanol–water partition coefficient (Wildman–Crippen LogP) is 3.53. The van der Waals surface area contributed by atoms with Crippen LogP contribution in [0.1, 0.15) is 16.7 Å². The van der Waals surface area contributed by atoms with Gasteiger partial charge in [0.1, 0.15) is 0 Å². The van der Waals surface area contributed by atoms with E-state index in [1.165, 1.54) is 11.8 Å². The lowest BCUT2D eigenvalue weighted by atomic mass is 10.1. The molecular formula is C18H18N2O2S. The smallest absolute Gasteiger partial charge is 0.234 e. The van der Waals surface area contributed by atoms with Crippen LogP contribution in [0.15, 0.2) is 41.3 Å². The van der Waals surface area contributed by atoms with Crippen molar-refractivity contribution >= 4 is 35.0 Å². The number of carbonyl (C=O) groups is 2. The van der Waals surface area contributed by atoms with Gasteiger partial charge in [0, 0.05) is 10.6 Å². The number of anilines is 2. The standard InChI is InChI=1S/C18H18N2O2S/c1-11-3-4-12(2)14(7-11)19-17(21)9-13-5-6-16-15(8-13)20-18(22)10-23-16/h3-8H,9-10H2,1-2H3,(H,19,21)(H,20,22). The van der Waals surface area contributed by atoms with E-state index in [4.69, 9.17) is 0 Å². The van der Waals surface area contributed by atoms with E-state index in [1.807, 2.05) is 50.2 Å². The van der Waals surface area contributed by atoms with E-state index < -0.39 is 0 Å². The number of fused-ring (bicyclic) bond motifs is 1. The Bertz CT molecular complexity index is 787. The van der Waals surface area contributed by atoms with Crippen LogP contribution in [0.5, 0.6) is 0 Å². The summed E-state index contributed by atoms with van der Waals surface area (Å²) in [4.78, 5) is 24.8. The van der Waals surface area contributed by atoms with Gasteiger partial charge in [0.25, 0.3) is 0 Å². The van der Waals surface area contributed by atoms with Crippen molar-refractivity contribution in [2.75, 3.05) is 16.4 Å². The zero-order valence-corrected chi connectivity index (χ0v) is 13.9. The van der Waals surface area contributed by atoms with Gasteiger partial charge >= 0.3 is 0 Å². The van der Waals surface area contributed by atoms with Crippen molar-refractivity contribution in [1.82, 2.24) is 0 Å². The number of nitrogens with one attached hydrogen (secondary N) is 2. The molecule has 1 heterocycles. The highest BCUT2D eigenvalue weighted by Gasteiger charge is 2.16. The molecule has 23 heavy (non-hydrogen) atoms. The number of hydrogen-bond acceptors (Lipinski definition) is 3. The van der Waals surface area contributed by atoms with Gasteiger partial charge in [-0.3, -0.25) is 9.59 Å². The molecule has 4 nitrogen and oxygen atoms in total. The van der Waals surface area contributed by atoms with Crippen molar-refractivity contribution in [3.8, 4) is 0 Å². The normalized spacial score (nSPS) is 13.2. The molecule has 0 radical (unpaired) electrons. The zero-order valence-electron chi connectivity index (χ0n) is 13.1. The molecule has 2 amide bonds. The lowest BCUT2D eigenvalue weighted by molar-refractivity contribution is -0.115. The van der Waals surface area contributed by atoms with Crippen molar-refractivity contribution in [3.63, 3.8) is 0 Å². The van der Waals surface area contributed by atoms with Gasteiger partial charge < -0.3 is 10.6 Å². The van der Waals surface area contributed by atoms with Gasteiger partial charge in [-0.15, -0.1) is 11.8 Å². The van der Waals surface area contributed by atoms with Crippen molar-refractivity contribution in [3.05, 3.63) is 53.1 Å². The molecule has 0 fully saturated rings. The summed E-state index contributed by atoms with van der Waals surface area (Å²) in [6.45, 7) is 3.97. The quantitative estimate of drug-likeness (QED) is 0.907. The highest BCUT2D eigenvalue weighted by atomic mass is 32.2. The third kappa shape index (κ3) is 3.74. The Hall–Kier alpha value is -2.27. The Kier molecular flexibility index (Phi) is 4.39. The maximum Gasteiger partial charge on any atom is 0.234 e. The summed E-state index contributed by atoms with van der Waals surface area (Å²) >= 11 is 1.52. The minimum Gasteiger partial charge on any atom is -0.326 e. The third-order valence-electron chi connectivity index (χ3n) is 3.71. The van der Waals surface area contributed by atoms with E-state index in [0.717, 1.165) is 33.0 Å². The van der Waals surface area contributed by atoms with Gasteiger partial charge in [0.15, 0.2) is 0 Å². The van der Waals surface area contributed by atoms with Crippen molar-refractivity contribution < 1.29 is 9.59 Å². The van der Waals surface area contributed by atoms with E-state index in [9.17, 15) is 9.59 Å². The van der Waals surface area contributed by atoms with Crippen LogP contribution in [0.4, 0.5) is 11.4 Å². The molecule has 1 aliphatic rings. The molecule has 0 bridgehead atoms. The molecule has 0 saturated carbocycles. The number of carbonyl (C=O) groups excluding carboxylic acids is 2. The van der Waals surface area contributed by atoms with Crippen LogP contribution in [0.25, 0.3) is 0 Å². The largest absolute Gasteiger partial charge is 0.326 e. The highest BCUT2D eigenvalue weighted by molar-refractivity contribution is 8.00. The lowest BCUT2D eigenvalue weighted by Gasteiger charge is -2.17. The summed E-state index contributed by atoms with van der Waals surface area (Å²) in [6, 6.07) is 11.8. The first-order chi connectivity index (χ1) is 11.0. The van der Waals surface area contributed by atoms with E-state index >= 15 is 0 Å². The van der Waals surface area contributed by atoms with Crippen LogP contribution in [0.3, 0.4) is 0 Å². The van der Waals surface area contributed by atoms with Gasteiger partial charge in [0.2, 0.25) is 11.8 Å². The molecule has 0 aromatic heterocycles. The second-order valence-corrected chi connectivity index (χ2v) is 6.73. The molecule has 2 N–H and O–H groups in total. The van der Waals surface area contributed by atoms with E-state index in [1.54, 1.807) is 0 Å². The summed E-state index contributed by atoms with van der Waals surface area (Å²) < 4.78 is 0. The topological polar surface area (TPSA) is 58.2 Å². The molecule has 0 unspecified atom stereocenters. The Morgan fingerprint density at radius 1 is 1.22 bits per heavy atom. The lowest BCUT2D eigenvalue weighted by Crippen LogP contribution is -2.19. The van der Waals surface area contributed by atoms with Gasteiger partial charge in [0.05, 0.1) is 17.9 Å². The Balaban J connectivity index is 1.72. The predicted molar refractivity (Wildman–Crippen MR) is 94.0 cm³/mol. The molecule has 5 heteroatoms. The molecule has 0 aliphatic carbocycles. The van der Waals surface area contributed by atoms with E-state index in [2.05, 4.69) is 10.6 Å². The second-order valence-electron chi connectivity index (χ2n) is 5.71. The molecule has 1 aliphatic heterocycles. The first kappa shape index (κ1) is 15.6. The molecule has 2 aromatic rings. The average Bonchev–Trinajstić information content (AvgIpc) is 2.50. The zero-order chi connectivity index (χ0) is 16.4.